The second-order valence-electron chi connectivity index (χ2n) is 6.75. The molecule has 0 saturated heterocycles. The van der Waals surface area contributed by atoms with Gasteiger partial charge in [-0.15, -0.1) is 0 Å². The van der Waals surface area contributed by atoms with Crippen LogP contribution < -0.4 is 15.4 Å². The largest absolute Gasteiger partial charge is 0.496 e. The lowest BCUT2D eigenvalue weighted by molar-refractivity contribution is 0.315. The Labute approximate surface area is 149 Å². The van der Waals surface area contributed by atoms with E-state index in [2.05, 4.69) is 16.7 Å². The second-order valence-corrected chi connectivity index (χ2v) is 6.75. The lowest BCUT2D eigenvalue weighted by Crippen LogP contribution is -2.38. The number of halogens is 1. The Morgan fingerprint density at radius 3 is 2.24 bits per heavy atom. The highest BCUT2D eigenvalue weighted by Gasteiger charge is 2.19. The van der Waals surface area contributed by atoms with Gasteiger partial charge in [-0.05, 0) is 68.1 Å². The lowest BCUT2D eigenvalue weighted by Gasteiger charge is -2.29. The minimum atomic E-state index is -0.212. The number of benzene rings is 2. The molecular formula is C21H27FN2O. The van der Waals surface area contributed by atoms with E-state index >= 15 is 0 Å². The summed E-state index contributed by atoms with van der Waals surface area (Å²) in [5.41, 5.74) is 3.23. The minimum Gasteiger partial charge on any atom is -0.496 e. The molecule has 3 rings (SSSR count). The van der Waals surface area contributed by atoms with E-state index in [0.29, 0.717) is 12.1 Å². The van der Waals surface area contributed by atoms with Crippen LogP contribution >= 0.6 is 0 Å². The molecule has 0 heterocycles. The van der Waals surface area contributed by atoms with Crippen molar-refractivity contribution in [2.45, 2.75) is 44.3 Å². The van der Waals surface area contributed by atoms with Crippen LogP contribution in [0.3, 0.4) is 0 Å². The Kier molecular flexibility index (Phi) is 6.05. The van der Waals surface area contributed by atoms with Crippen LogP contribution in [0, 0.1) is 5.82 Å². The van der Waals surface area contributed by atoms with Gasteiger partial charge in [0.15, 0.2) is 0 Å². The number of hydrogen-bond donors (Lipinski definition) is 2. The lowest BCUT2D eigenvalue weighted by atomic mass is 9.91. The number of hydrogen-bond acceptors (Lipinski definition) is 3. The van der Waals surface area contributed by atoms with Gasteiger partial charge in [-0.2, -0.15) is 0 Å². The Hall–Kier alpha value is -1.91. The average Bonchev–Trinajstić information content (AvgIpc) is 2.67. The van der Waals surface area contributed by atoms with Crippen LogP contribution in [0.5, 0.6) is 5.75 Å². The maximum atomic E-state index is 13.1. The quantitative estimate of drug-likeness (QED) is 0.828. The molecule has 0 spiro atoms. The molecule has 1 saturated carbocycles. The van der Waals surface area contributed by atoms with Gasteiger partial charge in [-0.25, -0.2) is 4.39 Å². The van der Waals surface area contributed by atoms with E-state index in [4.69, 9.17) is 4.74 Å². The predicted octanol–water partition coefficient (Wildman–Crippen LogP) is 4.12. The molecule has 4 heteroatoms. The third-order valence-electron chi connectivity index (χ3n) is 5.17. The molecule has 1 aliphatic rings. The van der Waals surface area contributed by atoms with E-state index in [1.165, 1.54) is 37.8 Å². The Balaban J connectivity index is 1.69. The molecule has 0 aliphatic heterocycles. The van der Waals surface area contributed by atoms with E-state index < -0.39 is 0 Å². The number of rotatable bonds is 6. The molecular weight excluding hydrogens is 315 g/mol. The zero-order valence-corrected chi connectivity index (χ0v) is 15.0. The second kappa shape index (κ2) is 8.45. The van der Waals surface area contributed by atoms with Crippen molar-refractivity contribution in [3.05, 3.63) is 53.8 Å². The highest BCUT2D eigenvalue weighted by Crippen LogP contribution is 2.27. The number of methoxy groups -OCH3 is 1. The van der Waals surface area contributed by atoms with E-state index in [9.17, 15) is 4.39 Å². The molecule has 0 amide bonds. The zero-order chi connectivity index (χ0) is 17.6. The van der Waals surface area contributed by atoms with Crippen LogP contribution in [0.4, 0.5) is 4.39 Å². The van der Waals surface area contributed by atoms with E-state index in [-0.39, 0.29) is 5.82 Å². The van der Waals surface area contributed by atoms with Gasteiger partial charge < -0.3 is 15.4 Å². The molecule has 0 bridgehead atoms. The minimum absolute atomic E-state index is 0.212. The first-order chi connectivity index (χ1) is 12.2. The van der Waals surface area contributed by atoms with Crippen molar-refractivity contribution in [2.75, 3.05) is 14.2 Å². The summed E-state index contributed by atoms with van der Waals surface area (Å²) in [6.45, 7) is 0.785. The summed E-state index contributed by atoms with van der Waals surface area (Å²) >= 11 is 0. The van der Waals surface area contributed by atoms with Gasteiger partial charge in [0.1, 0.15) is 11.6 Å². The molecule has 0 unspecified atom stereocenters. The fourth-order valence-electron chi connectivity index (χ4n) is 3.58. The van der Waals surface area contributed by atoms with E-state index in [1.807, 2.05) is 31.3 Å². The van der Waals surface area contributed by atoms with Crippen molar-refractivity contribution in [3.8, 4) is 16.9 Å². The van der Waals surface area contributed by atoms with Crippen molar-refractivity contribution in [2.24, 2.45) is 0 Å². The monoisotopic (exact) mass is 342 g/mol. The smallest absolute Gasteiger partial charge is 0.123 e. The molecule has 0 radical (unpaired) electrons. The summed E-state index contributed by atoms with van der Waals surface area (Å²) in [6.07, 6.45) is 4.85. The third-order valence-corrected chi connectivity index (χ3v) is 5.17. The number of ether oxygens (including phenoxy) is 1. The van der Waals surface area contributed by atoms with Gasteiger partial charge in [0.05, 0.1) is 7.11 Å². The average molecular weight is 342 g/mol. The first-order valence-electron chi connectivity index (χ1n) is 9.03. The van der Waals surface area contributed by atoms with Crippen LogP contribution in [-0.4, -0.2) is 26.2 Å². The molecule has 2 aromatic rings. The summed E-state index contributed by atoms with van der Waals surface area (Å²) in [6, 6.07) is 14.0. The van der Waals surface area contributed by atoms with Crippen LogP contribution in [0.15, 0.2) is 42.5 Å². The van der Waals surface area contributed by atoms with E-state index in [1.54, 1.807) is 7.11 Å². The zero-order valence-electron chi connectivity index (χ0n) is 15.0. The molecule has 1 fully saturated rings. The van der Waals surface area contributed by atoms with Crippen molar-refractivity contribution in [3.63, 3.8) is 0 Å². The Morgan fingerprint density at radius 1 is 0.960 bits per heavy atom. The first-order valence-corrected chi connectivity index (χ1v) is 9.03. The highest BCUT2D eigenvalue weighted by molar-refractivity contribution is 5.65. The van der Waals surface area contributed by atoms with Crippen LogP contribution in [0.2, 0.25) is 0 Å². The molecule has 2 N–H and O–H groups in total. The molecule has 25 heavy (non-hydrogen) atoms. The Bertz CT molecular complexity index is 679. The standard InChI is InChI=1S/C21H27FN2O/c1-23-19-8-10-20(11-9-19)24-14-17-13-16(5-12-21(17)25-2)15-3-6-18(22)7-4-15/h3-7,12-13,19-20,23-24H,8-11,14H2,1-2H3. The maximum Gasteiger partial charge on any atom is 0.123 e. The summed E-state index contributed by atoms with van der Waals surface area (Å²) < 4.78 is 18.7. The molecule has 0 aromatic heterocycles. The van der Waals surface area contributed by atoms with E-state index in [0.717, 1.165) is 29.0 Å². The van der Waals surface area contributed by atoms with Gasteiger partial charge in [-0.3, -0.25) is 0 Å². The molecule has 1 aliphatic carbocycles. The van der Waals surface area contributed by atoms with Gasteiger partial charge in [0.25, 0.3) is 0 Å². The fourth-order valence-corrected chi connectivity index (χ4v) is 3.58. The molecule has 3 nitrogen and oxygen atoms in total. The maximum absolute atomic E-state index is 13.1. The van der Waals surface area contributed by atoms with Crippen LogP contribution in [-0.2, 0) is 6.54 Å². The number of nitrogens with one attached hydrogen (secondary N) is 2. The summed E-state index contributed by atoms with van der Waals surface area (Å²) in [4.78, 5) is 0. The van der Waals surface area contributed by atoms with Crippen LogP contribution in [0.25, 0.3) is 11.1 Å². The van der Waals surface area contributed by atoms with Gasteiger partial charge >= 0.3 is 0 Å². The van der Waals surface area contributed by atoms with Crippen molar-refractivity contribution < 1.29 is 9.13 Å². The molecule has 134 valence electrons. The van der Waals surface area contributed by atoms with Gasteiger partial charge in [0, 0.05) is 24.2 Å². The Morgan fingerprint density at radius 2 is 1.60 bits per heavy atom. The topological polar surface area (TPSA) is 33.3 Å². The fraction of sp³-hybridized carbons (Fsp3) is 0.429. The third kappa shape index (κ3) is 4.59. The summed E-state index contributed by atoms with van der Waals surface area (Å²) in [5, 5.41) is 7.05. The molecule has 2 aromatic carbocycles. The summed E-state index contributed by atoms with van der Waals surface area (Å²) in [5.74, 6) is 0.679. The van der Waals surface area contributed by atoms with Crippen molar-refractivity contribution in [1.29, 1.82) is 0 Å². The van der Waals surface area contributed by atoms with Crippen molar-refractivity contribution in [1.82, 2.24) is 10.6 Å². The summed E-state index contributed by atoms with van der Waals surface area (Å²) in [7, 11) is 3.75. The normalized spacial score (nSPS) is 20.4. The predicted molar refractivity (Wildman–Crippen MR) is 100 cm³/mol. The van der Waals surface area contributed by atoms with Crippen molar-refractivity contribution >= 4 is 0 Å². The molecule has 0 atom stereocenters. The SMILES string of the molecule is CNC1CCC(NCc2cc(-c3ccc(F)cc3)ccc2OC)CC1. The van der Waals surface area contributed by atoms with Crippen LogP contribution in [0.1, 0.15) is 31.2 Å². The van der Waals surface area contributed by atoms with Gasteiger partial charge in [0.2, 0.25) is 0 Å². The first kappa shape index (κ1) is 17.9. The van der Waals surface area contributed by atoms with Gasteiger partial charge in [-0.1, -0.05) is 18.2 Å². The highest BCUT2D eigenvalue weighted by atomic mass is 19.1.